The summed E-state index contributed by atoms with van der Waals surface area (Å²) in [6, 6.07) is 18.6. The van der Waals surface area contributed by atoms with Gasteiger partial charge in [-0.1, -0.05) is 60.3 Å². The predicted molar refractivity (Wildman–Crippen MR) is 116 cm³/mol. The molecule has 0 aliphatic heterocycles. The van der Waals surface area contributed by atoms with Crippen molar-refractivity contribution in [2.24, 2.45) is 0 Å². The Morgan fingerprint density at radius 1 is 1.07 bits per heavy atom. The number of benzene rings is 2. The maximum atomic E-state index is 12.5. The first kappa shape index (κ1) is 20.2. The molecule has 1 fully saturated rings. The van der Waals surface area contributed by atoms with Crippen molar-refractivity contribution < 1.29 is 9.59 Å². The molecule has 0 bridgehead atoms. The zero-order valence-electron chi connectivity index (χ0n) is 16.6. The summed E-state index contributed by atoms with van der Waals surface area (Å²) < 4.78 is 2.09. The Morgan fingerprint density at radius 3 is 2.40 bits per heavy atom. The first-order valence-electron chi connectivity index (χ1n) is 9.90. The Bertz CT molecular complexity index is 1020. The molecule has 3 amide bonds. The van der Waals surface area contributed by atoms with Crippen molar-refractivity contribution in [3.8, 4) is 0 Å². The molecule has 8 heteroatoms. The highest BCUT2D eigenvalue weighted by Gasteiger charge is 2.31. The maximum Gasteiger partial charge on any atom is 0.325 e. The van der Waals surface area contributed by atoms with E-state index in [4.69, 9.17) is 0 Å². The van der Waals surface area contributed by atoms with Crippen LogP contribution in [0.15, 0.2) is 65.8 Å². The molecule has 0 saturated heterocycles. The SMILES string of the molecule is CC(Sc1nnc(C2CC2)n1Cc1ccccc1)C(=O)NC(=O)Nc1ccccc1. The summed E-state index contributed by atoms with van der Waals surface area (Å²) in [5.41, 5.74) is 1.78. The molecule has 3 aromatic rings. The summed E-state index contributed by atoms with van der Waals surface area (Å²) in [6.45, 7) is 2.42. The molecule has 30 heavy (non-hydrogen) atoms. The van der Waals surface area contributed by atoms with Gasteiger partial charge in [0, 0.05) is 11.6 Å². The van der Waals surface area contributed by atoms with Crippen LogP contribution in [-0.2, 0) is 11.3 Å². The number of imide groups is 1. The fraction of sp³-hybridized carbons (Fsp3) is 0.273. The zero-order valence-corrected chi connectivity index (χ0v) is 17.4. The highest BCUT2D eigenvalue weighted by molar-refractivity contribution is 8.00. The minimum absolute atomic E-state index is 0.379. The van der Waals surface area contributed by atoms with Crippen LogP contribution in [0.2, 0.25) is 0 Å². The lowest BCUT2D eigenvalue weighted by Crippen LogP contribution is -2.39. The van der Waals surface area contributed by atoms with Crippen molar-refractivity contribution in [1.29, 1.82) is 0 Å². The molecule has 1 saturated carbocycles. The monoisotopic (exact) mass is 421 g/mol. The van der Waals surface area contributed by atoms with Gasteiger partial charge in [0.1, 0.15) is 5.82 Å². The van der Waals surface area contributed by atoms with Crippen molar-refractivity contribution in [2.75, 3.05) is 5.32 Å². The number of amides is 3. The molecule has 1 unspecified atom stereocenters. The molecule has 4 rings (SSSR count). The average Bonchev–Trinajstić information content (AvgIpc) is 3.52. The fourth-order valence-electron chi connectivity index (χ4n) is 3.05. The third-order valence-corrected chi connectivity index (χ3v) is 5.87. The number of anilines is 1. The number of nitrogens with one attached hydrogen (secondary N) is 2. The van der Waals surface area contributed by atoms with Crippen LogP contribution in [0, 0.1) is 0 Å². The lowest BCUT2D eigenvalue weighted by Gasteiger charge is -2.14. The van der Waals surface area contributed by atoms with E-state index in [2.05, 4.69) is 37.5 Å². The Hall–Kier alpha value is -3.13. The number of urea groups is 1. The summed E-state index contributed by atoms with van der Waals surface area (Å²) in [7, 11) is 0. The third kappa shape index (κ3) is 5.07. The Kier molecular flexibility index (Phi) is 6.13. The van der Waals surface area contributed by atoms with Gasteiger partial charge in [0.2, 0.25) is 5.91 Å². The van der Waals surface area contributed by atoms with Gasteiger partial charge in [-0.3, -0.25) is 10.1 Å². The van der Waals surface area contributed by atoms with E-state index in [0.29, 0.717) is 23.3 Å². The maximum absolute atomic E-state index is 12.5. The van der Waals surface area contributed by atoms with Crippen LogP contribution < -0.4 is 10.6 Å². The minimum Gasteiger partial charge on any atom is -0.308 e. The van der Waals surface area contributed by atoms with Crippen LogP contribution in [-0.4, -0.2) is 32.0 Å². The number of carbonyl (C=O) groups is 2. The molecular formula is C22H23N5O2S. The van der Waals surface area contributed by atoms with Crippen LogP contribution in [0.5, 0.6) is 0 Å². The number of carbonyl (C=O) groups excluding carboxylic acids is 2. The van der Waals surface area contributed by atoms with Gasteiger partial charge in [-0.15, -0.1) is 10.2 Å². The molecule has 1 aromatic heterocycles. The van der Waals surface area contributed by atoms with Crippen LogP contribution >= 0.6 is 11.8 Å². The van der Waals surface area contributed by atoms with E-state index in [1.54, 1.807) is 19.1 Å². The predicted octanol–water partition coefficient (Wildman–Crippen LogP) is 4.03. The van der Waals surface area contributed by atoms with Gasteiger partial charge in [0.05, 0.1) is 11.8 Å². The van der Waals surface area contributed by atoms with Gasteiger partial charge < -0.3 is 9.88 Å². The molecule has 1 atom stereocenters. The molecule has 2 N–H and O–H groups in total. The van der Waals surface area contributed by atoms with E-state index < -0.39 is 11.3 Å². The second-order valence-electron chi connectivity index (χ2n) is 7.26. The molecule has 154 valence electrons. The van der Waals surface area contributed by atoms with Crippen molar-refractivity contribution >= 4 is 29.4 Å². The summed E-state index contributed by atoms with van der Waals surface area (Å²) in [5, 5.41) is 13.9. The summed E-state index contributed by atoms with van der Waals surface area (Å²) in [5.74, 6) is 1.03. The van der Waals surface area contributed by atoms with Gasteiger partial charge in [-0.2, -0.15) is 0 Å². The van der Waals surface area contributed by atoms with E-state index in [9.17, 15) is 9.59 Å². The lowest BCUT2D eigenvalue weighted by molar-refractivity contribution is -0.119. The van der Waals surface area contributed by atoms with E-state index in [1.165, 1.54) is 11.8 Å². The van der Waals surface area contributed by atoms with Crippen LogP contribution in [0.4, 0.5) is 10.5 Å². The molecule has 1 aliphatic carbocycles. The van der Waals surface area contributed by atoms with Gasteiger partial charge in [-0.25, -0.2) is 4.79 Å². The first-order chi connectivity index (χ1) is 14.6. The lowest BCUT2D eigenvalue weighted by atomic mass is 10.2. The molecule has 0 radical (unpaired) electrons. The first-order valence-corrected chi connectivity index (χ1v) is 10.8. The second-order valence-corrected chi connectivity index (χ2v) is 8.56. The number of thioether (sulfide) groups is 1. The largest absolute Gasteiger partial charge is 0.325 e. The highest BCUT2D eigenvalue weighted by Crippen LogP contribution is 2.40. The molecule has 2 aromatic carbocycles. The zero-order chi connectivity index (χ0) is 20.9. The van der Waals surface area contributed by atoms with Crippen molar-refractivity contribution in [1.82, 2.24) is 20.1 Å². The number of hydrogen-bond acceptors (Lipinski definition) is 5. The minimum atomic E-state index is -0.553. The van der Waals surface area contributed by atoms with E-state index >= 15 is 0 Å². The van der Waals surface area contributed by atoms with Crippen LogP contribution in [0.25, 0.3) is 0 Å². The highest BCUT2D eigenvalue weighted by atomic mass is 32.2. The molecular weight excluding hydrogens is 398 g/mol. The van der Waals surface area contributed by atoms with Gasteiger partial charge in [-0.05, 0) is 37.5 Å². The molecule has 1 aliphatic rings. The number of rotatable bonds is 7. The van der Waals surface area contributed by atoms with E-state index in [-0.39, 0.29) is 5.91 Å². The summed E-state index contributed by atoms with van der Waals surface area (Å²) >= 11 is 1.31. The van der Waals surface area contributed by atoms with Crippen molar-refractivity contribution in [3.63, 3.8) is 0 Å². The van der Waals surface area contributed by atoms with Crippen LogP contribution in [0.3, 0.4) is 0 Å². The molecule has 1 heterocycles. The fourth-order valence-corrected chi connectivity index (χ4v) is 3.91. The number of para-hydroxylation sites is 1. The summed E-state index contributed by atoms with van der Waals surface area (Å²) in [6.07, 6.45) is 2.24. The normalized spacial score (nSPS) is 14.2. The quantitative estimate of drug-likeness (QED) is 0.562. The topological polar surface area (TPSA) is 88.9 Å². The van der Waals surface area contributed by atoms with Gasteiger partial charge in [0.25, 0.3) is 0 Å². The Balaban J connectivity index is 1.41. The number of hydrogen-bond donors (Lipinski definition) is 2. The van der Waals surface area contributed by atoms with Gasteiger partial charge in [0.15, 0.2) is 5.16 Å². The smallest absolute Gasteiger partial charge is 0.308 e. The molecule has 7 nitrogen and oxygen atoms in total. The average molecular weight is 422 g/mol. The van der Waals surface area contributed by atoms with Crippen molar-refractivity contribution in [3.05, 3.63) is 72.1 Å². The Morgan fingerprint density at radius 2 is 1.73 bits per heavy atom. The van der Waals surface area contributed by atoms with E-state index in [1.807, 2.05) is 36.4 Å². The van der Waals surface area contributed by atoms with Crippen LogP contribution in [0.1, 0.15) is 37.1 Å². The standard InChI is InChI=1S/C22H23N5O2S/c1-15(20(28)24-21(29)23-18-10-6-3-7-11-18)30-22-26-25-19(17-12-13-17)27(22)14-16-8-4-2-5-9-16/h2-11,15,17H,12-14H2,1H3,(H2,23,24,28,29). The second kappa shape index (κ2) is 9.13. The summed E-state index contributed by atoms with van der Waals surface area (Å²) in [4.78, 5) is 24.6. The van der Waals surface area contributed by atoms with Crippen molar-refractivity contribution in [2.45, 2.75) is 42.6 Å². The third-order valence-electron chi connectivity index (χ3n) is 4.79. The van der Waals surface area contributed by atoms with Gasteiger partial charge >= 0.3 is 6.03 Å². The number of aromatic nitrogens is 3. The Labute approximate surface area is 179 Å². The molecule has 0 spiro atoms. The number of nitrogens with zero attached hydrogens (tertiary/aromatic N) is 3. The van der Waals surface area contributed by atoms with E-state index in [0.717, 1.165) is 24.2 Å².